The average molecular weight is 121 g/mol. The summed E-state index contributed by atoms with van der Waals surface area (Å²) in [6, 6.07) is 0. The van der Waals surface area contributed by atoms with Gasteiger partial charge in [-0.2, -0.15) is 0 Å². The van der Waals surface area contributed by atoms with Crippen LogP contribution in [0.3, 0.4) is 0 Å². The van der Waals surface area contributed by atoms with Gasteiger partial charge in [0.1, 0.15) is 0 Å². The van der Waals surface area contributed by atoms with Gasteiger partial charge >= 0.3 is 113 Å². The monoisotopic (exact) mass is 121 g/mol. The van der Waals surface area contributed by atoms with Crippen LogP contribution in [0.4, 0.5) is 0 Å². The molecule has 10 heavy (non-hydrogen) atoms. The summed E-state index contributed by atoms with van der Waals surface area (Å²) in [7, 11) is 0. The summed E-state index contributed by atoms with van der Waals surface area (Å²) in [5, 5.41) is 0. The fraction of sp³-hybridized carbons (Fsp3) is 0. The van der Waals surface area contributed by atoms with Crippen LogP contribution in [0.5, 0.6) is 0 Å². The summed E-state index contributed by atoms with van der Waals surface area (Å²) in [6.07, 6.45) is 0. The fourth-order valence-electron chi connectivity index (χ4n) is 0. The molecule has 0 amide bonds. The van der Waals surface area contributed by atoms with Crippen molar-refractivity contribution in [3.63, 3.8) is 0 Å². The third-order valence-corrected chi connectivity index (χ3v) is 0. The molecule has 0 aliphatic carbocycles. The summed E-state index contributed by atoms with van der Waals surface area (Å²) >= 11 is 0. The Bertz CT molecular complexity index is 13.0. The van der Waals surface area contributed by atoms with Crippen molar-refractivity contribution in [2.45, 2.75) is 0 Å². The molecule has 0 N–H and O–H groups in total. The maximum absolute atomic E-state index is 0. The van der Waals surface area contributed by atoms with Crippen LogP contribution in [-0.2, 0) is 0 Å². The number of nitrogens with zero attached hydrogens (tertiary/aromatic N) is 3. The predicted molar refractivity (Wildman–Crippen MR) is 25.4 cm³/mol. The summed E-state index contributed by atoms with van der Waals surface area (Å²) in [5.41, 5.74) is 0. The van der Waals surface area contributed by atoms with Gasteiger partial charge in [0, 0.05) is 0 Å². The van der Waals surface area contributed by atoms with Gasteiger partial charge < -0.3 is 18.5 Å². The van der Waals surface area contributed by atoms with E-state index in [1.807, 2.05) is 0 Å². The first-order chi connectivity index (χ1) is 0. The summed E-state index contributed by atoms with van der Waals surface area (Å²) in [4.78, 5) is 0. The van der Waals surface area contributed by atoms with E-state index in [-0.39, 0.29) is 142 Å². The average Bonchev–Trinajstić information content (AvgIpc) is 0. The Balaban J connectivity index is 0. The molecule has 10 heteroatoms. The Kier molecular flexibility index (Phi) is 1830. The number of hydrogen-bond acceptors (Lipinski definition) is 0. The van der Waals surface area contributed by atoms with Crippen LogP contribution >= 0.6 is 9.90 Å². The van der Waals surface area contributed by atoms with Gasteiger partial charge in [0.2, 0.25) is 0 Å². The van der Waals surface area contributed by atoms with Gasteiger partial charge in [0.05, 0.1) is 0 Å². The molecule has 0 aromatic rings. The molecule has 0 spiro atoms. The maximum atomic E-state index is 0. The maximum Gasteiger partial charge on any atom is 1.00 e. The molecule has 0 aromatic heterocycles. The van der Waals surface area contributed by atoms with E-state index in [0.717, 1.165) is 0 Å². The Labute approximate surface area is 139 Å². The molecule has 0 unspecified atom stereocenters. The van der Waals surface area contributed by atoms with E-state index in [4.69, 9.17) is 0 Å². The normalized spacial score (nSPS) is 0. The first-order valence-electron chi connectivity index (χ1n) is 0. The van der Waals surface area contributed by atoms with E-state index < -0.39 is 0 Å². The summed E-state index contributed by atoms with van der Waals surface area (Å²) < 4.78 is 0. The van der Waals surface area contributed by atoms with Crippen LogP contribution < -0.4 is 113 Å². The smallest absolute Gasteiger partial charge is 1.00 e. The largest absolute Gasteiger partial charge is 3.00 e. The Morgan fingerprint density at radius 1 is 0.300 bits per heavy atom. The minimum absolute atomic E-state index is 0. The molecular formula is H6Li6N3P. The van der Waals surface area contributed by atoms with Gasteiger partial charge in [0.15, 0.2) is 0 Å². The zero-order chi connectivity index (χ0) is 0. The molecule has 0 aliphatic heterocycles. The van der Waals surface area contributed by atoms with Gasteiger partial charge in [-0.05, 0) is 0 Å². The molecule has 0 fully saturated rings. The second-order valence-corrected chi connectivity index (χ2v) is 0. The van der Waals surface area contributed by atoms with E-state index >= 15 is 0 Å². The Morgan fingerprint density at radius 2 is 0.300 bits per heavy atom. The molecule has 0 rings (SSSR count). The molecule has 0 saturated heterocycles. The molecule has 32 valence electrons. The van der Waals surface area contributed by atoms with E-state index in [9.17, 15) is 0 Å². The minimum atomic E-state index is 0. The van der Waals surface area contributed by atoms with E-state index in [1.165, 1.54) is 0 Å². The molecule has 0 atom stereocenters. The zero-order valence-electron chi connectivity index (χ0n) is 7.34. The number of rotatable bonds is 0. The molecular weight excluding hydrogens is 115 g/mol. The van der Waals surface area contributed by atoms with Crippen molar-refractivity contribution in [3.05, 3.63) is 18.5 Å². The third kappa shape index (κ3) is 93.1. The fourth-order valence-corrected chi connectivity index (χ4v) is 0. The molecule has 0 radical (unpaired) electrons. The zero-order valence-corrected chi connectivity index (χ0v) is 7.34. The van der Waals surface area contributed by atoms with Gasteiger partial charge in [-0.1, -0.05) is 0 Å². The Hall–Kier alpha value is 3.89. The van der Waals surface area contributed by atoms with Crippen molar-refractivity contribution in [3.8, 4) is 0 Å². The van der Waals surface area contributed by atoms with Crippen molar-refractivity contribution in [2.75, 3.05) is 0 Å². The molecule has 3 nitrogen and oxygen atoms in total. The SMILES string of the molecule is [Li+].[Li+].[Li+].[Li+].[Li+].[Li+].[N-3].[N-3].[N-3].[PH6+3]. The van der Waals surface area contributed by atoms with Crippen molar-refractivity contribution in [1.29, 1.82) is 0 Å². The molecule has 0 aromatic carbocycles. The van der Waals surface area contributed by atoms with Crippen LogP contribution in [-0.4, -0.2) is 0 Å². The van der Waals surface area contributed by atoms with Gasteiger partial charge in [0.25, 0.3) is 0 Å². The molecule has 0 saturated carbocycles. The molecule has 0 aliphatic rings. The summed E-state index contributed by atoms with van der Waals surface area (Å²) in [6.45, 7) is 0. The van der Waals surface area contributed by atoms with Crippen LogP contribution in [0.15, 0.2) is 0 Å². The molecule has 0 bridgehead atoms. The second kappa shape index (κ2) is 120. The van der Waals surface area contributed by atoms with Crippen molar-refractivity contribution < 1.29 is 113 Å². The quantitative estimate of drug-likeness (QED) is 0.224. The third-order valence-electron chi connectivity index (χ3n) is 0. The van der Waals surface area contributed by atoms with E-state index in [0.29, 0.717) is 0 Å². The molecule has 0 heterocycles. The van der Waals surface area contributed by atoms with Gasteiger partial charge in [-0.15, -0.1) is 0 Å². The topological polar surface area (TPSA) is 91.5 Å². The van der Waals surface area contributed by atoms with Crippen LogP contribution in [0.2, 0.25) is 0 Å². The van der Waals surface area contributed by atoms with Crippen LogP contribution in [0.1, 0.15) is 0 Å². The second-order valence-electron chi connectivity index (χ2n) is 0. The first-order valence-corrected chi connectivity index (χ1v) is 0. The van der Waals surface area contributed by atoms with Crippen LogP contribution in [0.25, 0.3) is 18.5 Å². The summed E-state index contributed by atoms with van der Waals surface area (Å²) in [5.74, 6) is 0. The van der Waals surface area contributed by atoms with E-state index in [1.54, 1.807) is 0 Å². The minimum Gasteiger partial charge on any atom is -3.00 e. The Morgan fingerprint density at radius 3 is 0.300 bits per heavy atom. The van der Waals surface area contributed by atoms with Crippen LogP contribution in [0, 0.1) is 0 Å². The van der Waals surface area contributed by atoms with Gasteiger partial charge in [-0.25, -0.2) is 0 Å². The van der Waals surface area contributed by atoms with Crippen molar-refractivity contribution in [2.24, 2.45) is 0 Å². The number of hydrogen-bond donors (Lipinski definition) is 0. The van der Waals surface area contributed by atoms with E-state index in [2.05, 4.69) is 0 Å². The predicted octanol–water partition coefficient (Wildman–Crippen LogP) is -17.9. The van der Waals surface area contributed by atoms with Crippen molar-refractivity contribution >= 4 is 9.90 Å². The van der Waals surface area contributed by atoms with Crippen molar-refractivity contribution in [1.82, 2.24) is 0 Å². The first kappa shape index (κ1) is 152. The van der Waals surface area contributed by atoms with Gasteiger partial charge in [-0.3, -0.25) is 9.90 Å². The standard InChI is InChI=1S/6Li.3N.H6P/h;;;;;;;;;1H6/q6*+1;3*-3;+3.